The molecule has 1 saturated carbocycles. The summed E-state index contributed by atoms with van der Waals surface area (Å²) in [4.78, 5) is 4.48. The number of hydrogen-bond donors (Lipinski definition) is 1. The van der Waals surface area contributed by atoms with Crippen LogP contribution >= 0.6 is 0 Å². The number of nitrogens with one attached hydrogen (secondary N) is 1. The molecule has 5 rings (SSSR count). The fourth-order valence-electron chi connectivity index (χ4n) is 6.32. The molecular formula is C22H28N2O4. The van der Waals surface area contributed by atoms with Crippen molar-refractivity contribution in [3.8, 4) is 11.5 Å². The molecule has 0 aromatic heterocycles. The quantitative estimate of drug-likeness (QED) is 0.786. The standard InChI is InChI=1S/C22H28N2O4/c1-3-4-8-21-15-7-9-22(26-10-11-27-22)20(21)28-19-17(25-2)6-5-14(18(19)21)12-16(15)24-13-23/h5-6,15-16,20,23H,3-4,7-12H2,1-2H3/t15?,16?,20?,21-/m0/s1. The first-order valence-corrected chi connectivity index (χ1v) is 10.5. The molecule has 4 aliphatic rings. The monoisotopic (exact) mass is 384 g/mol. The summed E-state index contributed by atoms with van der Waals surface area (Å²) in [6, 6.07) is 6.53. The molecule has 1 aromatic carbocycles. The van der Waals surface area contributed by atoms with Crippen molar-refractivity contribution < 1.29 is 18.9 Å². The van der Waals surface area contributed by atoms with Gasteiger partial charge in [0.25, 0.3) is 0 Å². The zero-order chi connectivity index (χ0) is 19.4. The van der Waals surface area contributed by atoms with Gasteiger partial charge in [-0.15, -0.1) is 0 Å². The van der Waals surface area contributed by atoms with E-state index in [-0.39, 0.29) is 17.6 Å². The highest BCUT2D eigenvalue weighted by molar-refractivity contribution is 5.61. The average Bonchev–Trinajstić information content (AvgIpc) is 3.32. The SMILES string of the molecule is CCCC[C@]12c3c4ccc(OC)c3OC1C1(CCC2C(N=C=N)C4)OCCO1. The summed E-state index contributed by atoms with van der Waals surface area (Å²) in [5, 5.41) is 7.50. The summed E-state index contributed by atoms with van der Waals surface area (Å²) in [7, 11) is 1.70. The van der Waals surface area contributed by atoms with Crippen molar-refractivity contribution in [3.05, 3.63) is 23.3 Å². The summed E-state index contributed by atoms with van der Waals surface area (Å²) in [5.74, 6) is 1.25. The molecule has 1 N–H and O–H groups in total. The van der Waals surface area contributed by atoms with E-state index < -0.39 is 5.79 Å². The molecule has 0 radical (unpaired) electrons. The number of hydrogen-bond acceptors (Lipinski definition) is 6. The second-order valence-corrected chi connectivity index (χ2v) is 8.44. The molecule has 2 heterocycles. The van der Waals surface area contributed by atoms with Gasteiger partial charge in [-0.2, -0.15) is 0 Å². The van der Waals surface area contributed by atoms with Crippen LogP contribution in [0.5, 0.6) is 11.5 Å². The molecule has 3 unspecified atom stereocenters. The van der Waals surface area contributed by atoms with Gasteiger partial charge in [-0.05, 0) is 36.8 Å². The summed E-state index contributed by atoms with van der Waals surface area (Å²) in [6.07, 6.45) is 5.58. The van der Waals surface area contributed by atoms with E-state index in [0.717, 1.165) is 50.0 Å². The number of methoxy groups -OCH3 is 1. The maximum atomic E-state index is 7.50. The van der Waals surface area contributed by atoms with E-state index in [9.17, 15) is 0 Å². The zero-order valence-electron chi connectivity index (χ0n) is 16.6. The Morgan fingerprint density at radius 3 is 2.86 bits per heavy atom. The first-order chi connectivity index (χ1) is 13.7. The van der Waals surface area contributed by atoms with Gasteiger partial charge in [0.1, 0.15) is 0 Å². The van der Waals surface area contributed by atoms with Crippen LogP contribution in [0.25, 0.3) is 0 Å². The highest BCUT2D eigenvalue weighted by Gasteiger charge is 2.69. The molecule has 6 nitrogen and oxygen atoms in total. The Kier molecular flexibility index (Phi) is 4.27. The Bertz CT molecular complexity index is 828. The Morgan fingerprint density at radius 1 is 1.32 bits per heavy atom. The normalized spacial score (nSPS) is 33.9. The lowest BCUT2D eigenvalue weighted by Gasteiger charge is -2.55. The van der Waals surface area contributed by atoms with Crippen LogP contribution in [0.15, 0.2) is 17.1 Å². The fraction of sp³-hybridized carbons (Fsp3) is 0.682. The van der Waals surface area contributed by atoms with Crippen molar-refractivity contribution >= 4 is 6.01 Å². The summed E-state index contributed by atoms with van der Waals surface area (Å²) in [5.41, 5.74) is 2.32. The third-order valence-corrected chi connectivity index (χ3v) is 7.31. The molecule has 0 amide bonds. The number of rotatable bonds is 5. The van der Waals surface area contributed by atoms with Crippen LogP contribution in [-0.4, -0.2) is 44.3 Å². The maximum Gasteiger partial charge on any atom is 0.206 e. The smallest absolute Gasteiger partial charge is 0.206 e. The van der Waals surface area contributed by atoms with Crippen LogP contribution in [0.2, 0.25) is 0 Å². The van der Waals surface area contributed by atoms with Gasteiger partial charge in [0, 0.05) is 17.4 Å². The van der Waals surface area contributed by atoms with Crippen molar-refractivity contribution in [2.75, 3.05) is 20.3 Å². The second kappa shape index (κ2) is 6.58. The topological polar surface area (TPSA) is 73.1 Å². The van der Waals surface area contributed by atoms with Crippen LogP contribution in [0.4, 0.5) is 0 Å². The van der Waals surface area contributed by atoms with Crippen molar-refractivity contribution in [1.29, 1.82) is 5.41 Å². The second-order valence-electron chi connectivity index (χ2n) is 8.44. The number of benzene rings is 1. The van der Waals surface area contributed by atoms with E-state index in [0.29, 0.717) is 19.1 Å². The summed E-state index contributed by atoms with van der Waals surface area (Å²) in [6.45, 7) is 3.44. The van der Waals surface area contributed by atoms with E-state index >= 15 is 0 Å². The molecule has 1 saturated heterocycles. The van der Waals surface area contributed by atoms with Crippen molar-refractivity contribution in [3.63, 3.8) is 0 Å². The zero-order valence-corrected chi connectivity index (χ0v) is 16.6. The molecule has 28 heavy (non-hydrogen) atoms. The number of unbranched alkanes of at least 4 members (excludes halogenated alkanes) is 1. The molecule has 1 aromatic rings. The van der Waals surface area contributed by atoms with Crippen LogP contribution in [0.1, 0.15) is 50.2 Å². The van der Waals surface area contributed by atoms with Crippen molar-refractivity contribution in [2.45, 2.75) is 68.8 Å². The van der Waals surface area contributed by atoms with E-state index in [2.05, 4.69) is 24.0 Å². The number of nitrogens with zero attached hydrogens (tertiary/aromatic N) is 1. The van der Waals surface area contributed by atoms with E-state index in [1.54, 1.807) is 7.11 Å². The number of ether oxygens (including phenoxy) is 4. The first kappa shape index (κ1) is 18.2. The van der Waals surface area contributed by atoms with Crippen LogP contribution in [0.3, 0.4) is 0 Å². The minimum absolute atomic E-state index is 0.0473. The van der Waals surface area contributed by atoms with Crippen LogP contribution in [-0.2, 0) is 21.3 Å². The molecule has 2 aliphatic carbocycles. The minimum atomic E-state index is -0.693. The largest absolute Gasteiger partial charge is 0.493 e. The lowest BCUT2D eigenvalue weighted by Crippen LogP contribution is -2.65. The van der Waals surface area contributed by atoms with Gasteiger partial charge >= 0.3 is 0 Å². The summed E-state index contributed by atoms with van der Waals surface area (Å²) >= 11 is 0. The van der Waals surface area contributed by atoms with Gasteiger partial charge in [0.15, 0.2) is 17.6 Å². The molecule has 0 bridgehead atoms. The molecule has 6 heteroatoms. The van der Waals surface area contributed by atoms with E-state index in [1.165, 1.54) is 11.1 Å². The Morgan fingerprint density at radius 2 is 2.14 bits per heavy atom. The van der Waals surface area contributed by atoms with Gasteiger partial charge in [0.2, 0.25) is 5.79 Å². The van der Waals surface area contributed by atoms with Crippen molar-refractivity contribution in [2.24, 2.45) is 10.9 Å². The molecule has 2 fully saturated rings. The highest BCUT2D eigenvalue weighted by Crippen LogP contribution is 2.65. The maximum absolute atomic E-state index is 7.50. The van der Waals surface area contributed by atoms with Gasteiger partial charge in [0.05, 0.1) is 32.4 Å². The lowest BCUT2D eigenvalue weighted by atomic mass is 9.52. The first-order valence-electron chi connectivity index (χ1n) is 10.5. The van der Waals surface area contributed by atoms with Crippen LogP contribution in [0, 0.1) is 11.3 Å². The van der Waals surface area contributed by atoms with E-state index in [1.807, 2.05) is 6.07 Å². The molecule has 150 valence electrons. The molecular weight excluding hydrogens is 356 g/mol. The molecule has 1 spiro atoms. The number of fused-ring (bicyclic) bond motifs is 1. The lowest BCUT2D eigenvalue weighted by molar-refractivity contribution is -0.253. The van der Waals surface area contributed by atoms with Gasteiger partial charge < -0.3 is 18.9 Å². The Balaban J connectivity index is 1.76. The van der Waals surface area contributed by atoms with E-state index in [4.69, 9.17) is 24.4 Å². The Labute approximate surface area is 165 Å². The fourth-order valence-corrected chi connectivity index (χ4v) is 6.32. The highest BCUT2D eigenvalue weighted by atomic mass is 16.8. The molecule has 4 atom stereocenters. The summed E-state index contributed by atoms with van der Waals surface area (Å²) < 4.78 is 24.9. The number of aliphatic imine (C=N–C) groups is 1. The predicted molar refractivity (Wildman–Crippen MR) is 104 cm³/mol. The van der Waals surface area contributed by atoms with Gasteiger partial charge in [-0.25, -0.2) is 10.4 Å². The van der Waals surface area contributed by atoms with Gasteiger partial charge in [-0.3, -0.25) is 0 Å². The third kappa shape index (κ3) is 2.23. The predicted octanol–water partition coefficient (Wildman–Crippen LogP) is 3.71. The average molecular weight is 384 g/mol. The minimum Gasteiger partial charge on any atom is -0.493 e. The van der Waals surface area contributed by atoms with Gasteiger partial charge in [-0.1, -0.05) is 25.8 Å². The molecule has 2 aliphatic heterocycles. The van der Waals surface area contributed by atoms with Crippen LogP contribution < -0.4 is 9.47 Å². The Hall–Kier alpha value is -1.88. The third-order valence-electron chi connectivity index (χ3n) is 7.31. The van der Waals surface area contributed by atoms with Crippen molar-refractivity contribution in [1.82, 2.24) is 0 Å².